The molecule has 1 aromatic carbocycles. The molecule has 4 nitrogen and oxygen atoms in total. The molecule has 3 aromatic rings. The number of amides is 1. The molecule has 0 atom stereocenters. The standard InChI is InChI=1S/C22H23N3O/c1-16-7-8-18(13-17(16)2)9-10-21(26)25-15-20-6-4-12-24-22(20)19-5-3-11-23-14-19/h3-8,11-14H,9-10,15H2,1-2H3,(H,25,26). The van der Waals surface area contributed by atoms with Gasteiger partial charge in [0.2, 0.25) is 5.91 Å². The lowest BCUT2D eigenvalue weighted by Crippen LogP contribution is -2.23. The lowest BCUT2D eigenvalue weighted by Gasteiger charge is -2.10. The molecule has 1 N–H and O–H groups in total. The number of benzene rings is 1. The van der Waals surface area contributed by atoms with Gasteiger partial charge >= 0.3 is 0 Å². The Hall–Kier alpha value is -3.01. The van der Waals surface area contributed by atoms with E-state index in [0.29, 0.717) is 13.0 Å². The van der Waals surface area contributed by atoms with Crippen LogP contribution >= 0.6 is 0 Å². The molecule has 0 spiro atoms. The second kappa shape index (κ2) is 8.39. The van der Waals surface area contributed by atoms with Crippen molar-refractivity contribution >= 4 is 5.91 Å². The van der Waals surface area contributed by atoms with Crippen LogP contribution in [0, 0.1) is 13.8 Å². The summed E-state index contributed by atoms with van der Waals surface area (Å²) in [5.41, 5.74) is 6.53. The van der Waals surface area contributed by atoms with E-state index in [1.807, 2.05) is 24.3 Å². The van der Waals surface area contributed by atoms with Gasteiger partial charge < -0.3 is 5.32 Å². The van der Waals surface area contributed by atoms with Gasteiger partial charge in [0.25, 0.3) is 0 Å². The minimum absolute atomic E-state index is 0.0456. The van der Waals surface area contributed by atoms with Gasteiger partial charge in [0.15, 0.2) is 0 Å². The molecule has 0 aliphatic rings. The molecular formula is C22H23N3O. The second-order valence-electron chi connectivity index (χ2n) is 6.45. The Labute approximate surface area is 154 Å². The molecule has 2 aromatic heterocycles. The summed E-state index contributed by atoms with van der Waals surface area (Å²) in [6, 6.07) is 14.1. The molecular weight excluding hydrogens is 322 g/mol. The Morgan fingerprint density at radius 2 is 1.88 bits per heavy atom. The van der Waals surface area contributed by atoms with Crippen LogP contribution < -0.4 is 5.32 Å². The third-order valence-electron chi connectivity index (χ3n) is 4.51. The van der Waals surface area contributed by atoms with E-state index in [2.05, 4.69) is 47.3 Å². The largest absolute Gasteiger partial charge is 0.352 e. The lowest BCUT2D eigenvalue weighted by atomic mass is 10.0. The summed E-state index contributed by atoms with van der Waals surface area (Å²) in [6.45, 7) is 4.66. The molecule has 1 amide bonds. The van der Waals surface area contributed by atoms with E-state index in [-0.39, 0.29) is 5.91 Å². The predicted molar refractivity (Wildman–Crippen MR) is 104 cm³/mol. The number of nitrogens with one attached hydrogen (secondary N) is 1. The molecule has 0 saturated carbocycles. The van der Waals surface area contributed by atoms with E-state index in [0.717, 1.165) is 23.2 Å². The Balaban J connectivity index is 1.59. The number of carbonyl (C=O) groups excluding carboxylic acids is 1. The second-order valence-corrected chi connectivity index (χ2v) is 6.45. The van der Waals surface area contributed by atoms with E-state index >= 15 is 0 Å². The molecule has 4 heteroatoms. The van der Waals surface area contributed by atoms with Crippen LogP contribution in [-0.4, -0.2) is 15.9 Å². The van der Waals surface area contributed by atoms with Gasteiger partial charge in [0, 0.05) is 37.1 Å². The normalized spacial score (nSPS) is 10.5. The van der Waals surface area contributed by atoms with Gasteiger partial charge in [-0.25, -0.2) is 0 Å². The van der Waals surface area contributed by atoms with Crippen LogP contribution in [0.2, 0.25) is 0 Å². The summed E-state index contributed by atoms with van der Waals surface area (Å²) in [7, 11) is 0. The molecule has 0 bridgehead atoms. The lowest BCUT2D eigenvalue weighted by molar-refractivity contribution is -0.121. The quantitative estimate of drug-likeness (QED) is 0.734. The van der Waals surface area contributed by atoms with Crippen LogP contribution in [0.25, 0.3) is 11.3 Å². The van der Waals surface area contributed by atoms with Crippen molar-refractivity contribution in [1.82, 2.24) is 15.3 Å². The van der Waals surface area contributed by atoms with Gasteiger partial charge in [0.05, 0.1) is 5.69 Å². The fourth-order valence-electron chi connectivity index (χ4n) is 2.84. The van der Waals surface area contributed by atoms with Gasteiger partial charge in [-0.1, -0.05) is 24.3 Å². The van der Waals surface area contributed by atoms with Gasteiger partial charge in [-0.15, -0.1) is 0 Å². The highest BCUT2D eigenvalue weighted by atomic mass is 16.1. The minimum Gasteiger partial charge on any atom is -0.352 e. The fourth-order valence-corrected chi connectivity index (χ4v) is 2.84. The zero-order chi connectivity index (χ0) is 18.4. The Bertz CT molecular complexity index is 891. The summed E-state index contributed by atoms with van der Waals surface area (Å²) in [4.78, 5) is 20.8. The predicted octanol–water partition coefficient (Wildman–Crippen LogP) is 4.01. The van der Waals surface area contributed by atoms with Crippen LogP contribution in [0.3, 0.4) is 0 Å². The number of aromatic nitrogens is 2. The third-order valence-corrected chi connectivity index (χ3v) is 4.51. The fraction of sp³-hybridized carbons (Fsp3) is 0.227. The summed E-state index contributed by atoms with van der Waals surface area (Å²) in [5.74, 6) is 0.0456. The van der Waals surface area contributed by atoms with E-state index in [1.54, 1.807) is 18.6 Å². The SMILES string of the molecule is Cc1ccc(CCC(=O)NCc2cccnc2-c2cccnc2)cc1C. The first-order chi connectivity index (χ1) is 12.6. The van der Waals surface area contributed by atoms with E-state index < -0.39 is 0 Å². The van der Waals surface area contributed by atoms with Crippen molar-refractivity contribution in [2.75, 3.05) is 0 Å². The zero-order valence-electron chi connectivity index (χ0n) is 15.2. The van der Waals surface area contributed by atoms with E-state index in [1.165, 1.54) is 16.7 Å². The summed E-state index contributed by atoms with van der Waals surface area (Å²) in [6.07, 6.45) is 6.50. The monoisotopic (exact) mass is 345 g/mol. The average molecular weight is 345 g/mol. The Kier molecular flexibility index (Phi) is 5.74. The maximum atomic E-state index is 12.2. The first-order valence-electron chi connectivity index (χ1n) is 8.80. The van der Waals surface area contributed by atoms with E-state index in [4.69, 9.17) is 0 Å². The van der Waals surface area contributed by atoms with Crippen LogP contribution in [0.4, 0.5) is 0 Å². The number of pyridine rings is 2. The molecule has 0 unspecified atom stereocenters. The highest BCUT2D eigenvalue weighted by molar-refractivity contribution is 5.76. The zero-order valence-corrected chi connectivity index (χ0v) is 15.2. The number of aryl methyl sites for hydroxylation is 3. The van der Waals surface area contributed by atoms with Gasteiger partial charge in [-0.2, -0.15) is 0 Å². The number of hydrogen-bond donors (Lipinski definition) is 1. The van der Waals surface area contributed by atoms with Crippen LogP contribution in [-0.2, 0) is 17.8 Å². The van der Waals surface area contributed by atoms with Crippen molar-refractivity contribution in [1.29, 1.82) is 0 Å². The summed E-state index contributed by atoms with van der Waals surface area (Å²) >= 11 is 0. The van der Waals surface area contributed by atoms with Crippen molar-refractivity contribution in [3.8, 4) is 11.3 Å². The molecule has 0 aliphatic heterocycles. The molecule has 0 fully saturated rings. The number of hydrogen-bond acceptors (Lipinski definition) is 3. The van der Waals surface area contributed by atoms with Gasteiger partial charge in [0.1, 0.15) is 0 Å². The molecule has 0 saturated heterocycles. The Morgan fingerprint density at radius 3 is 2.65 bits per heavy atom. The Morgan fingerprint density at radius 1 is 1.04 bits per heavy atom. The number of carbonyl (C=O) groups is 1. The van der Waals surface area contributed by atoms with Crippen LogP contribution in [0.15, 0.2) is 61.1 Å². The van der Waals surface area contributed by atoms with E-state index in [9.17, 15) is 4.79 Å². The summed E-state index contributed by atoms with van der Waals surface area (Å²) < 4.78 is 0. The molecule has 2 heterocycles. The summed E-state index contributed by atoms with van der Waals surface area (Å²) in [5, 5.41) is 3.01. The van der Waals surface area contributed by atoms with Gasteiger partial charge in [-0.05, 0) is 60.7 Å². The first kappa shape index (κ1) is 17.8. The highest BCUT2D eigenvalue weighted by Crippen LogP contribution is 2.19. The third kappa shape index (κ3) is 4.54. The van der Waals surface area contributed by atoms with Crippen molar-refractivity contribution in [3.63, 3.8) is 0 Å². The van der Waals surface area contributed by atoms with Crippen molar-refractivity contribution < 1.29 is 4.79 Å². The first-order valence-corrected chi connectivity index (χ1v) is 8.80. The maximum absolute atomic E-state index is 12.2. The maximum Gasteiger partial charge on any atom is 0.220 e. The molecule has 132 valence electrons. The number of rotatable bonds is 6. The number of nitrogens with zero attached hydrogens (tertiary/aromatic N) is 2. The topological polar surface area (TPSA) is 54.9 Å². The highest BCUT2D eigenvalue weighted by Gasteiger charge is 2.08. The van der Waals surface area contributed by atoms with Crippen molar-refractivity contribution in [2.24, 2.45) is 0 Å². The van der Waals surface area contributed by atoms with Crippen LogP contribution in [0.1, 0.15) is 28.7 Å². The van der Waals surface area contributed by atoms with Crippen molar-refractivity contribution in [3.05, 3.63) is 83.3 Å². The van der Waals surface area contributed by atoms with Gasteiger partial charge in [-0.3, -0.25) is 14.8 Å². The molecule has 26 heavy (non-hydrogen) atoms. The van der Waals surface area contributed by atoms with Crippen molar-refractivity contribution in [2.45, 2.75) is 33.2 Å². The smallest absolute Gasteiger partial charge is 0.220 e. The molecule has 3 rings (SSSR count). The minimum atomic E-state index is 0.0456. The van der Waals surface area contributed by atoms with Crippen LogP contribution in [0.5, 0.6) is 0 Å². The molecule has 0 radical (unpaired) electrons. The average Bonchev–Trinajstić information content (AvgIpc) is 2.68. The molecule has 0 aliphatic carbocycles.